The molecular formula is C19H22N2O4. The lowest BCUT2D eigenvalue weighted by Gasteiger charge is -2.28. The van der Waals surface area contributed by atoms with Crippen LogP contribution in [0.15, 0.2) is 23.8 Å². The molecule has 1 saturated heterocycles. The molecule has 2 aliphatic rings. The van der Waals surface area contributed by atoms with Gasteiger partial charge in [0.15, 0.2) is 11.5 Å². The number of hydrogen-bond acceptors (Lipinski definition) is 5. The minimum absolute atomic E-state index is 0.213. The largest absolute Gasteiger partial charge is 0.454 e. The summed E-state index contributed by atoms with van der Waals surface area (Å²) in [4.78, 5) is 13.7. The van der Waals surface area contributed by atoms with E-state index in [0.29, 0.717) is 55.5 Å². The Morgan fingerprint density at radius 3 is 2.68 bits per heavy atom. The second kappa shape index (κ2) is 7.47. The summed E-state index contributed by atoms with van der Waals surface area (Å²) in [5, 5.41) is 9.62. The van der Waals surface area contributed by atoms with E-state index in [2.05, 4.69) is 6.07 Å². The Labute approximate surface area is 147 Å². The number of nitrogens with zero attached hydrogens (tertiary/aromatic N) is 2. The maximum atomic E-state index is 12.0. The first kappa shape index (κ1) is 17.2. The van der Waals surface area contributed by atoms with Crippen molar-refractivity contribution in [3.05, 3.63) is 29.3 Å². The van der Waals surface area contributed by atoms with E-state index < -0.39 is 0 Å². The van der Waals surface area contributed by atoms with E-state index in [1.54, 1.807) is 4.90 Å². The molecular weight excluding hydrogens is 320 g/mol. The summed E-state index contributed by atoms with van der Waals surface area (Å²) in [6.07, 6.45) is 1.08. The molecule has 0 N–H and O–H groups in total. The average molecular weight is 342 g/mol. The molecule has 1 aromatic rings. The van der Waals surface area contributed by atoms with Crippen molar-refractivity contribution >= 4 is 11.7 Å². The standard InChI is InChI=1S/C19H22N2O4/c1-13(2)11-23-19(22)21-7-5-14(6-8-21)16(10-20)15-3-4-17-18(9-15)25-12-24-17/h3-4,9,13H,5-8,11-12H2,1-2H3. The molecule has 1 fully saturated rings. The average Bonchev–Trinajstić information content (AvgIpc) is 3.09. The van der Waals surface area contributed by atoms with Gasteiger partial charge in [-0.2, -0.15) is 5.26 Å². The van der Waals surface area contributed by atoms with Crippen LogP contribution < -0.4 is 9.47 Å². The van der Waals surface area contributed by atoms with Crippen LogP contribution in [0.1, 0.15) is 32.3 Å². The van der Waals surface area contributed by atoms with Crippen molar-refractivity contribution in [3.8, 4) is 17.6 Å². The molecule has 0 saturated carbocycles. The van der Waals surface area contributed by atoms with Gasteiger partial charge in [0.1, 0.15) is 0 Å². The zero-order valence-corrected chi connectivity index (χ0v) is 14.6. The molecule has 132 valence electrons. The first-order chi connectivity index (χ1) is 12.1. The molecule has 25 heavy (non-hydrogen) atoms. The quantitative estimate of drug-likeness (QED) is 0.785. The van der Waals surface area contributed by atoms with Crippen LogP contribution in [0.2, 0.25) is 0 Å². The summed E-state index contributed by atoms with van der Waals surface area (Å²) >= 11 is 0. The molecule has 0 aliphatic carbocycles. The summed E-state index contributed by atoms with van der Waals surface area (Å²) < 4.78 is 16.0. The van der Waals surface area contributed by atoms with Crippen LogP contribution in [0.5, 0.6) is 11.5 Å². The lowest BCUT2D eigenvalue weighted by molar-refractivity contribution is 0.0896. The normalized spacial score (nSPS) is 15.9. The summed E-state index contributed by atoms with van der Waals surface area (Å²) in [7, 11) is 0. The Morgan fingerprint density at radius 2 is 2.00 bits per heavy atom. The third-order valence-corrected chi connectivity index (χ3v) is 4.29. The fourth-order valence-corrected chi connectivity index (χ4v) is 2.94. The van der Waals surface area contributed by atoms with Crippen LogP contribution in [0.3, 0.4) is 0 Å². The monoisotopic (exact) mass is 342 g/mol. The van der Waals surface area contributed by atoms with E-state index in [9.17, 15) is 10.1 Å². The van der Waals surface area contributed by atoms with Crippen molar-refractivity contribution in [2.75, 3.05) is 26.5 Å². The van der Waals surface area contributed by atoms with Gasteiger partial charge >= 0.3 is 6.09 Å². The maximum Gasteiger partial charge on any atom is 0.409 e. The van der Waals surface area contributed by atoms with Gasteiger partial charge in [-0.3, -0.25) is 0 Å². The number of nitriles is 1. The second-order valence-electron chi connectivity index (χ2n) is 6.62. The molecule has 0 unspecified atom stereocenters. The molecule has 3 rings (SSSR count). The van der Waals surface area contributed by atoms with E-state index in [1.165, 1.54) is 0 Å². The summed E-state index contributed by atoms with van der Waals surface area (Å²) in [5.41, 5.74) is 2.56. The summed E-state index contributed by atoms with van der Waals surface area (Å²) in [6.45, 7) is 5.80. The predicted molar refractivity (Wildman–Crippen MR) is 92.1 cm³/mol. The molecule has 0 aromatic heterocycles. The number of ether oxygens (including phenoxy) is 3. The Morgan fingerprint density at radius 1 is 1.28 bits per heavy atom. The van der Waals surface area contributed by atoms with Crippen LogP contribution in [0.4, 0.5) is 4.79 Å². The van der Waals surface area contributed by atoms with Crippen LogP contribution in [-0.4, -0.2) is 37.5 Å². The lowest BCUT2D eigenvalue weighted by Crippen LogP contribution is -2.37. The minimum Gasteiger partial charge on any atom is -0.454 e. The van der Waals surface area contributed by atoms with E-state index in [-0.39, 0.29) is 12.9 Å². The molecule has 2 aliphatic heterocycles. The zero-order valence-electron chi connectivity index (χ0n) is 14.6. The third-order valence-electron chi connectivity index (χ3n) is 4.29. The van der Waals surface area contributed by atoms with Crippen molar-refractivity contribution in [2.24, 2.45) is 5.92 Å². The van der Waals surface area contributed by atoms with Gasteiger partial charge in [-0.25, -0.2) is 4.79 Å². The van der Waals surface area contributed by atoms with Gasteiger partial charge in [0.25, 0.3) is 0 Å². The molecule has 6 heteroatoms. The van der Waals surface area contributed by atoms with Gasteiger partial charge in [-0.15, -0.1) is 0 Å². The maximum absolute atomic E-state index is 12.0. The van der Waals surface area contributed by atoms with Crippen LogP contribution in [0.25, 0.3) is 5.57 Å². The van der Waals surface area contributed by atoms with Gasteiger partial charge in [0, 0.05) is 13.1 Å². The first-order valence-corrected chi connectivity index (χ1v) is 8.52. The summed E-state index contributed by atoms with van der Waals surface area (Å²) in [5.74, 6) is 1.69. The number of amides is 1. The molecule has 6 nitrogen and oxygen atoms in total. The first-order valence-electron chi connectivity index (χ1n) is 8.52. The Bertz CT molecular complexity index is 723. The fourth-order valence-electron chi connectivity index (χ4n) is 2.94. The molecule has 0 atom stereocenters. The SMILES string of the molecule is CC(C)COC(=O)N1CCC(=C(C#N)c2ccc3c(c2)OCO3)CC1. The highest BCUT2D eigenvalue weighted by Gasteiger charge is 2.23. The van der Waals surface area contributed by atoms with E-state index in [0.717, 1.165) is 11.1 Å². The second-order valence-corrected chi connectivity index (χ2v) is 6.62. The molecule has 1 aromatic carbocycles. The highest BCUT2D eigenvalue weighted by atomic mass is 16.7. The molecule has 0 radical (unpaired) electrons. The number of carbonyl (C=O) groups is 1. The number of rotatable bonds is 3. The topological polar surface area (TPSA) is 71.8 Å². The zero-order chi connectivity index (χ0) is 17.8. The molecule has 2 heterocycles. The Balaban J connectivity index is 1.69. The highest BCUT2D eigenvalue weighted by Crippen LogP contribution is 2.36. The predicted octanol–water partition coefficient (Wildman–Crippen LogP) is 3.58. The van der Waals surface area contributed by atoms with Crippen molar-refractivity contribution < 1.29 is 19.0 Å². The number of fused-ring (bicyclic) bond motifs is 1. The van der Waals surface area contributed by atoms with Crippen LogP contribution in [0, 0.1) is 17.2 Å². The van der Waals surface area contributed by atoms with Crippen molar-refractivity contribution in [3.63, 3.8) is 0 Å². The van der Waals surface area contributed by atoms with Gasteiger partial charge in [0.05, 0.1) is 18.2 Å². The number of allylic oxidation sites excluding steroid dienone is 1. The highest BCUT2D eigenvalue weighted by molar-refractivity contribution is 5.81. The van der Waals surface area contributed by atoms with Crippen LogP contribution >= 0.6 is 0 Å². The molecule has 0 bridgehead atoms. The van der Waals surface area contributed by atoms with Crippen molar-refractivity contribution in [1.29, 1.82) is 5.26 Å². The van der Waals surface area contributed by atoms with Gasteiger partial charge in [-0.05, 0) is 48.1 Å². The van der Waals surface area contributed by atoms with Crippen molar-refractivity contribution in [2.45, 2.75) is 26.7 Å². The van der Waals surface area contributed by atoms with Crippen molar-refractivity contribution in [1.82, 2.24) is 4.90 Å². The lowest BCUT2D eigenvalue weighted by atomic mass is 9.94. The van der Waals surface area contributed by atoms with E-state index in [1.807, 2.05) is 32.0 Å². The van der Waals surface area contributed by atoms with Gasteiger partial charge in [0.2, 0.25) is 6.79 Å². The smallest absolute Gasteiger partial charge is 0.409 e. The Hall–Kier alpha value is -2.68. The Kier molecular flexibility index (Phi) is 5.13. The van der Waals surface area contributed by atoms with E-state index in [4.69, 9.17) is 14.2 Å². The number of benzene rings is 1. The number of piperidine rings is 1. The van der Waals surface area contributed by atoms with Gasteiger partial charge < -0.3 is 19.1 Å². The van der Waals surface area contributed by atoms with Gasteiger partial charge in [-0.1, -0.05) is 13.8 Å². The minimum atomic E-state index is -0.269. The number of likely N-dealkylation sites (tertiary alicyclic amines) is 1. The summed E-state index contributed by atoms with van der Waals surface area (Å²) in [6, 6.07) is 7.86. The molecule has 1 amide bonds. The third kappa shape index (κ3) is 3.87. The fraction of sp³-hybridized carbons (Fsp3) is 0.474. The molecule has 0 spiro atoms. The number of carbonyl (C=O) groups excluding carboxylic acids is 1. The van der Waals surface area contributed by atoms with E-state index >= 15 is 0 Å². The van der Waals surface area contributed by atoms with Crippen LogP contribution in [-0.2, 0) is 4.74 Å². The number of hydrogen-bond donors (Lipinski definition) is 0.